The van der Waals surface area contributed by atoms with E-state index in [0.717, 1.165) is 38.5 Å². The summed E-state index contributed by atoms with van der Waals surface area (Å²) < 4.78 is 0. The standard InChI is InChI=1S/C22H30O2/c1-5-14-10-15-11-18(23)13(2)12-22(15,4)17-8-9-21(3)16(20(14)17)6-7-19(21)24/h1,10,13-14,16-18,20,23H,6-9,11-12H2,2-4H3/t13?,14?,16-,17+,18?,20-,21-,22-/m0/s1. The van der Waals surface area contributed by atoms with Gasteiger partial charge in [-0.2, -0.15) is 0 Å². The van der Waals surface area contributed by atoms with Gasteiger partial charge in [0, 0.05) is 17.8 Å². The molecule has 24 heavy (non-hydrogen) atoms. The maximum absolute atomic E-state index is 12.6. The topological polar surface area (TPSA) is 37.3 Å². The molecule has 2 nitrogen and oxygen atoms in total. The minimum Gasteiger partial charge on any atom is -0.393 e. The first-order chi connectivity index (χ1) is 11.3. The number of fused-ring (bicyclic) bond motifs is 5. The maximum atomic E-state index is 12.6. The monoisotopic (exact) mass is 326 g/mol. The van der Waals surface area contributed by atoms with Crippen molar-refractivity contribution in [3.05, 3.63) is 11.6 Å². The Morgan fingerprint density at radius 3 is 2.67 bits per heavy atom. The molecule has 0 spiro atoms. The number of ketones is 1. The number of carbonyl (C=O) groups excluding carboxylic acids is 1. The zero-order valence-electron chi connectivity index (χ0n) is 15.2. The second kappa shape index (κ2) is 5.21. The Hall–Kier alpha value is -1.07. The number of carbonyl (C=O) groups is 1. The molecule has 130 valence electrons. The van der Waals surface area contributed by atoms with Gasteiger partial charge in [-0.25, -0.2) is 0 Å². The molecule has 2 heteroatoms. The number of Topliss-reactive ketones (excluding diaryl/α,β-unsaturated/α-hetero) is 1. The molecule has 0 heterocycles. The summed E-state index contributed by atoms with van der Waals surface area (Å²) in [5, 5.41) is 10.4. The molecule has 4 aliphatic carbocycles. The molecular weight excluding hydrogens is 296 g/mol. The molecular formula is C22H30O2. The first-order valence-corrected chi connectivity index (χ1v) is 9.70. The number of terminal acetylenes is 1. The summed E-state index contributed by atoms with van der Waals surface area (Å²) in [6, 6.07) is 0. The van der Waals surface area contributed by atoms with Crippen LogP contribution < -0.4 is 0 Å². The van der Waals surface area contributed by atoms with Crippen LogP contribution in [0.1, 0.15) is 59.3 Å². The van der Waals surface area contributed by atoms with Gasteiger partial charge in [0.25, 0.3) is 0 Å². The fourth-order valence-corrected chi connectivity index (χ4v) is 6.94. The normalized spacial score (nSPS) is 53.5. The van der Waals surface area contributed by atoms with Crippen LogP contribution in [-0.2, 0) is 4.79 Å². The Bertz CT molecular complexity index is 641. The molecule has 4 rings (SSSR count). The van der Waals surface area contributed by atoms with Crippen molar-refractivity contribution in [2.24, 2.45) is 40.4 Å². The average Bonchev–Trinajstić information content (AvgIpc) is 2.84. The molecule has 0 aliphatic heterocycles. The van der Waals surface area contributed by atoms with Crippen molar-refractivity contribution in [2.75, 3.05) is 0 Å². The molecule has 0 aromatic heterocycles. The second-order valence-corrected chi connectivity index (χ2v) is 9.46. The number of hydrogen-bond donors (Lipinski definition) is 1. The predicted molar refractivity (Wildman–Crippen MR) is 95.0 cm³/mol. The van der Waals surface area contributed by atoms with Gasteiger partial charge in [0.1, 0.15) is 5.78 Å². The van der Waals surface area contributed by atoms with Crippen LogP contribution in [0.15, 0.2) is 11.6 Å². The van der Waals surface area contributed by atoms with Gasteiger partial charge in [-0.15, -0.1) is 6.42 Å². The number of aliphatic hydroxyl groups is 1. The third-order valence-electron chi connectivity index (χ3n) is 8.41. The van der Waals surface area contributed by atoms with E-state index in [4.69, 9.17) is 6.42 Å². The van der Waals surface area contributed by atoms with Gasteiger partial charge in [0.15, 0.2) is 0 Å². The Morgan fingerprint density at radius 2 is 1.96 bits per heavy atom. The van der Waals surface area contributed by atoms with Crippen LogP contribution in [0.2, 0.25) is 0 Å². The quantitative estimate of drug-likeness (QED) is 0.540. The van der Waals surface area contributed by atoms with Crippen LogP contribution in [0.5, 0.6) is 0 Å². The van der Waals surface area contributed by atoms with Crippen molar-refractivity contribution < 1.29 is 9.90 Å². The van der Waals surface area contributed by atoms with E-state index in [1.807, 2.05) is 0 Å². The zero-order chi connectivity index (χ0) is 17.3. The van der Waals surface area contributed by atoms with E-state index in [1.54, 1.807) is 0 Å². The van der Waals surface area contributed by atoms with Crippen LogP contribution in [0.4, 0.5) is 0 Å². The molecule has 3 unspecified atom stereocenters. The van der Waals surface area contributed by atoms with Gasteiger partial charge in [0.2, 0.25) is 0 Å². The summed E-state index contributed by atoms with van der Waals surface area (Å²) >= 11 is 0. The van der Waals surface area contributed by atoms with Crippen LogP contribution in [0, 0.1) is 52.8 Å². The molecule has 0 saturated heterocycles. The van der Waals surface area contributed by atoms with Crippen molar-refractivity contribution in [3.8, 4) is 12.3 Å². The third kappa shape index (κ3) is 1.97. The molecule has 0 aromatic carbocycles. The Morgan fingerprint density at radius 1 is 1.25 bits per heavy atom. The molecule has 1 N–H and O–H groups in total. The van der Waals surface area contributed by atoms with Gasteiger partial charge in [0.05, 0.1) is 6.10 Å². The van der Waals surface area contributed by atoms with Crippen molar-refractivity contribution >= 4 is 5.78 Å². The van der Waals surface area contributed by atoms with Crippen LogP contribution in [0.25, 0.3) is 0 Å². The number of hydrogen-bond acceptors (Lipinski definition) is 2. The first kappa shape index (κ1) is 16.4. The van der Waals surface area contributed by atoms with Crippen molar-refractivity contribution in [1.82, 2.24) is 0 Å². The zero-order valence-corrected chi connectivity index (χ0v) is 15.2. The number of aliphatic hydroxyl groups excluding tert-OH is 1. The largest absolute Gasteiger partial charge is 0.393 e. The van der Waals surface area contributed by atoms with Gasteiger partial charge in [-0.1, -0.05) is 38.3 Å². The summed E-state index contributed by atoms with van der Waals surface area (Å²) in [6.45, 7) is 6.79. The van der Waals surface area contributed by atoms with Crippen LogP contribution in [-0.4, -0.2) is 17.0 Å². The Balaban J connectivity index is 1.79. The first-order valence-electron chi connectivity index (χ1n) is 9.70. The Kier molecular flexibility index (Phi) is 3.56. The highest BCUT2D eigenvalue weighted by Gasteiger charge is 2.61. The lowest BCUT2D eigenvalue weighted by molar-refractivity contribution is -0.133. The maximum Gasteiger partial charge on any atom is 0.139 e. The molecule has 4 aliphatic rings. The number of rotatable bonds is 0. The third-order valence-corrected chi connectivity index (χ3v) is 8.41. The smallest absolute Gasteiger partial charge is 0.139 e. The lowest BCUT2D eigenvalue weighted by atomic mass is 9.45. The molecule has 3 saturated carbocycles. The lowest BCUT2D eigenvalue weighted by Crippen LogP contribution is -2.54. The minimum absolute atomic E-state index is 0.134. The second-order valence-electron chi connectivity index (χ2n) is 9.46. The van der Waals surface area contributed by atoms with E-state index in [2.05, 4.69) is 32.8 Å². The lowest BCUT2D eigenvalue weighted by Gasteiger charge is -2.59. The predicted octanol–water partition coefficient (Wildman–Crippen LogP) is 3.98. The van der Waals surface area contributed by atoms with E-state index < -0.39 is 0 Å². The van der Waals surface area contributed by atoms with Crippen molar-refractivity contribution in [1.29, 1.82) is 0 Å². The summed E-state index contributed by atoms with van der Waals surface area (Å²) in [7, 11) is 0. The van der Waals surface area contributed by atoms with E-state index in [9.17, 15) is 9.90 Å². The van der Waals surface area contributed by atoms with E-state index in [0.29, 0.717) is 29.5 Å². The molecule has 8 atom stereocenters. The highest BCUT2D eigenvalue weighted by Crippen LogP contribution is 2.65. The summed E-state index contributed by atoms with van der Waals surface area (Å²) in [5.74, 6) is 5.45. The SMILES string of the molecule is C#CC1C=C2CC(O)C(C)C[C@]2(C)[C@@H]2CC[C@]3(C)C(=O)CC[C@H]3[C@H]12. The van der Waals surface area contributed by atoms with E-state index >= 15 is 0 Å². The van der Waals surface area contributed by atoms with Crippen LogP contribution >= 0.6 is 0 Å². The summed E-state index contributed by atoms with van der Waals surface area (Å²) in [4.78, 5) is 12.6. The molecule has 0 aromatic rings. The fraction of sp³-hybridized carbons (Fsp3) is 0.773. The van der Waals surface area contributed by atoms with Gasteiger partial charge >= 0.3 is 0 Å². The molecule has 3 fully saturated rings. The average molecular weight is 326 g/mol. The van der Waals surface area contributed by atoms with E-state index in [-0.39, 0.29) is 22.9 Å². The van der Waals surface area contributed by atoms with Crippen molar-refractivity contribution in [3.63, 3.8) is 0 Å². The Labute approximate surface area is 146 Å². The highest BCUT2D eigenvalue weighted by atomic mass is 16.3. The van der Waals surface area contributed by atoms with Crippen LogP contribution in [0.3, 0.4) is 0 Å². The van der Waals surface area contributed by atoms with Gasteiger partial charge in [-0.3, -0.25) is 4.79 Å². The molecule has 0 amide bonds. The highest BCUT2D eigenvalue weighted by molar-refractivity contribution is 5.87. The minimum atomic E-state index is -0.235. The van der Waals surface area contributed by atoms with E-state index in [1.165, 1.54) is 5.57 Å². The summed E-state index contributed by atoms with van der Waals surface area (Å²) in [5.41, 5.74) is 1.41. The van der Waals surface area contributed by atoms with Gasteiger partial charge < -0.3 is 5.11 Å². The molecule has 0 radical (unpaired) electrons. The summed E-state index contributed by atoms with van der Waals surface area (Å²) in [6.07, 6.45) is 13.8. The fourth-order valence-electron chi connectivity index (χ4n) is 6.94. The van der Waals surface area contributed by atoms with Crippen molar-refractivity contribution in [2.45, 2.75) is 65.4 Å². The van der Waals surface area contributed by atoms with Gasteiger partial charge in [-0.05, 0) is 61.2 Å². The number of allylic oxidation sites excluding steroid dienone is 1. The molecule has 0 bridgehead atoms.